The summed E-state index contributed by atoms with van der Waals surface area (Å²) in [4.78, 5) is 2.34. The zero-order valence-electron chi connectivity index (χ0n) is 19.6. The Kier molecular flexibility index (Phi) is 12.7. The number of nitrogens with two attached hydrogens (primary N) is 1. The van der Waals surface area contributed by atoms with E-state index in [4.69, 9.17) is 5.73 Å². The van der Waals surface area contributed by atoms with Crippen LogP contribution < -0.4 is 5.73 Å². The van der Waals surface area contributed by atoms with Crippen LogP contribution in [0.2, 0.25) is 0 Å². The van der Waals surface area contributed by atoms with Crippen LogP contribution in [0.15, 0.2) is 91.0 Å². The second kappa shape index (κ2) is 14.4. The maximum absolute atomic E-state index is 11.0. The molecule has 180 valence electrons. The van der Waals surface area contributed by atoms with Gasteiger partial charge in [-0.2, -0.15) is 0 Å². The van der Waals surface area contributed by atoms with Gasteiger partial charge in [0.2, 0.25) is 0 Å². The first-order valence-electron chi connectivity index (χ1n) is 11.3. The van der Waals surface area contributed by atoms with Crippen LogP contribution in [0, 0.1) is 5.92 Å². The molecule has 0 aliphatic rings. The first kappa shape index (κ1) is 29.2. The lowest BCUT2D eigenvalue weighted by atomic mass is 9.86. The van der Waals surface area contributed by atoms with Crippen LogP contribution in [0.5, 0.6) is 0 Å². The summed E-state index contributed by atoms with van der Waals surface area (Å²) in [5, 5.41) is 11.0. The summed E-state index contributed by atoms with van der Waals surface area (Å²) in [5.41, 5.74) is 10.2. The number of aliphatic hydroxyl groups excluding tert-OH is 1. The highest BCUT2D eigenvalue weighted by Crippen LogP contribution is 2.30. The van der Waals surface area contributed by atoms with E-state index in [1.807, 2.05) is 30.3 Å². The van der Waals surface area contributed by atoms with Gasteiger partial charge >= 0.3 is 0 Å². The van der Waals surface area contributed by atoms with Crippen molar-refractivity contribution in [3.05, 3.63) is 108 Å². The van der Waals surface area contributed by atoms with Crippen molar-refractivity contribution in [1.82, 2.24) is 4.90 Å². The molecule has 0 aromatic heterocycles. The molecule has 0 aliphatic carbocycles. The van der Waals surface area contributed by atoms with Gasteiger partial charge in [0.05, 0.1) is 11.8 Å². The van der Waals surface area contributed by atoms with Gasteiger partial charge in [-0.3, -0.25) is 4.90 Å². The summed E-state index contributed by atoms with van der Waals surface area (Å²) >= 11 is 0. The molecule has 3 aromatic rings. The second-order valence-corrected chi connectivity index (χ2v) is 8.86. The number of rotatable bonds is 11. The fraction of sp³-hybridized carbons (Fsp3) is 0.357. The van der Waals surface area contributed by atoms with E-state index >= 15 is 0 Å². The molecule has 0 saturated carbocycles. The van der Waals surface area contributed by atoms with Crippen molar-refractivity contribution < 1.29 is 5.11 Å². The normalized spacial score (nSPS) is 13.6. The van der Waals surface area contributed by atoms with Crippen molar-refractivity contribution in [2.24, 2.45) is 11.7 Å². The molecule has 0 saturated heterocycles. The predicted octanol–water partition coefficient (Wildman–Crippen LogP) is 6.23. The molecule has 0 fully saturated rings. The van der Waals surface area contributed by atoms with Crippen molar-refractivity contribution in [2.45, 2.75) is 58.0 Å². The van der Waals surface area contributed by atoms with Gasteiger partial charge in [0.25, 0.3) is 0 Å². The highest BCUT2D eigenvalue weighted by molar-refractivity contribution is 5.85. The van der Waals surface area contributed by atoms with Gasteiger partial charge in [-0.1, -0.05) is 105 Å². The predicted molar refractivity (Wildman–Crippen MR) is 144 cm³/mol. The third-order valence-corrected chi connectivity index (χ3v) is 6.19. The van der Waals surface area contributed by atoms with E-state index in [1.54, 1.807) is 0 Å². The van der Waals surface area contributed by atoms with Gasteiger partial charge in [0, 0.05) is 19.5 Å². The van der Waals surface area contributed by atoms with Crippen LogP contribution >= 0.6 is 24.8 Å². The largest absolute Gasteiger partial charge is 0.393 e. The summed E-state index contributed by atoms with van der Waals surface area (Å²) in [6, 6.07) is 31.3. The van der Waals surface area contributed by atoms with Gasteiger partial charge in [0.1, 0.15) is 0 Å². The van der Waals surface area contributed by atoms with Gasteiger partial charge in [-0.15, -0.1) is 24.8 Å². The second-order valence-electron chi connectivity index (χ2n) is 8.86. The van der Waals surface area contributed by atoms with E-state index < -0.39 is 11.8 Å². The van der Waals surface area contributed by atoms with Gasteiger partial charge in [0.15, 0.2) is 0 Å². The quantitative estimate of drug-likeness (QED) is 0.314. The summed E-state index contributed by atoms with van der Waals surface area (Å²) < 4.78 is 0. The first-order chi connectivity index (χ1) is 15.0. The van der Waals surface area contributed by atoms with Crippen LogP contribution in [0.3, 0.4) is 0 Å². The lowest BCUT2D eigenvalue weighted by Gasteiger charge is -2.45. The van der Waals surface area contributed by atoms with E-state index in [0.717, 1.165) is 19.5 Å². The zero-order chi connectivity index (χ0) is 22.1. The Morgan fingerprint density at radius 3 is 1.52 bits per heavy atom. The molecule has 3 rings (SSSR count). The third kappa shape index (κ3) is 8.77. The topological polar surface area (TPSA) is 49.5 Å². The Balaban J connectivity index is 0.00000272. The highest BCUT2D eigenvalue weighted by Gasteiger charge is 2.37. The minimum absolute atomic E-state index is 0. The number of nitrogens with zero attached hydrogens (tertiary/aromatic N) is 1. The van der Waals surface area contributed by atoms with Gasteiger partial charge in [-0.05, 0) is 35.4 Å². The maximum atomic E-state index is 11.0. The van der Waals surface area contributed by atoms with Crippen molar-refractivity contribution in [3.8, 4) is 0 Å². The Bertz CT molecular complexity index is 852. The van der Waals surface area contributed by atoms with E-state index in [-0.39, 0.29) is 30.7 Å². The maximum Gasteiger partial charge on any atom is 0.0741 e. The van der Waals surface area contributed by atoms with Gasteiger partial charge in [-0.25, -0.2) is 0 Å². The van der Waals surface area contributed by atoms with Crippen LogP contribution in [0.25, 0.3) is 0 Å². The molecule has 3 N–H and O–H groups in total. The van der Waals surface area contributed by atoms with Gasteiger partial charge < -0.3 is 10.8 Å². The highest BCUT2D eigenvalue weighted by atomic mass is 35.5. The molecule has 5 heteroatoms. The first-order valence-corrected chi connectivity index (χ1v) is 11.3. The fourth-order valence-corrected chi connectivity index (χ4v) is 4.15. The number of benzene rings is 3. The van der Waals surface area contributed by atoms with E-state index in [9.17, 15) is 5.11 Å². The average Bonchev–Trinajstić information content (AvgIpc) is 2.79. The molecule has 0 aliphatic heterocycles. The minimum atomic E-state index is -0.623. The monoisotopic (exact) mass is 488 g/mol. The smallest absolute Gasteiger partial charge is 0.0741 e. The molecule has 3 nitrogen and oxygen atoms in total. The molecular weight excluding hydrogens is 451 g/mol. The molecular formula is C28H38Cl2N2O. The van der Waals surface area contributed by atoms with Crippen LogP contribution in [0.1, 0.15) is 43.4 Å². The number of hydrogen-bond donors (Lipinski definition) is 2. The van der Waals surface area contributed by atoms with Crippen molar-refractivity contribution in [2.75, 3.05) is 0 Å². The Hall–Kier alpha value is -1.88. The number of halogens is 2. The molecule has 0 spiro atoms. The molecule has 1 unspecified atom stereocenters. The van der Waals surface area contributed by atoms with Crippen molar-refractivity contribution in [3.63, 3.8) is 0 Å². The van der Waals surface area contributed by atoms with Crippen LogP contribution in [-0.2, 0) is 19.5 Å². The molecule has 0 bridgehead atoms. The summed E-state index contributed by atoms with van der Waals surface area (Å²) in [6.45, 7) is 5.81. The van der Waals surface area contributed by atoms with Crippen LogP contribution in [0.4, 0.5) is 0 Å². The summed E-state index contributed by atoms with van der Waals surface area (Å²) in [5.74, 6) is 0.186. The van der Waals surface area contributed by atoms with Crippen molar-refractivity contribution in [1.29, 1.82) is 0 Å². The van der Waals surface area contributed by atoms with E-state index in [2.05, 4.69) is 79.4 Å². The Labute approximate surface area is 211 Å². The average molecular weight is 490 g/mol. The summed E-state index contributed by atoms with van der Waals surface area (Å²) in [7, 11) is 0. The third-order valence-electron chi connectivity index (χ3n) is 6.19. The summed E-state index contributed by atoms with van der Waals surface area (Å²) in [6.07, 6.45) is 1.65. The molecule has 0 amide bonds. The number of aliphatic hydroxyl groups is 1. The molecule has 3 aromatic carbocycles. The van der Waals surface area contributed by atoms with Crippen LogP contribution in [-0.4, -0.2) is 21.8 Å². The number of aryl methyl sites for hydroxylation is 1. The molecule has 0 radical (unpaired) electrons. The standard InChI is InChI=1S/C28H36N2O.2ClH/c1-23(2)28(29,20-27(31)19-18-24-12-6-3-7-13-24)30(21-25-14-8-4-9-15-25)22-26-16-10-5-11-17-26;;/h3-17,23,27,31H,18-22,29H2,1-2H3;2*1H/t27-,28?;;/m1../s1. The lowest BCUT2D eigenvalue weighted by molar-refractivity contribution is -0.0131. The van der Waals surface area contributed by atoms with E-state index in [1.165, 1.54) is 16.7 Å². The lowest BCUT2D eigenvalue weighted by Crippen LogP contribution is -2.60. The minimum Gasteiger partial charge on any atom is -0.393 e. The number of hydrogen-bond acceptors (Lipinski definition) is 3. The zero-order valence-corrected chi connectivity index (χ0v) is 21.3. The molecule has 33 heavy (non-hydrogen) atoms. The van der Waals surface area contributed by atoms with Crippen molar-refractivity contribution >= 4 is 24.8 Å². The Morgan fingerprint density at radius 2 is 1.12 bits per heavy atom. The molecule has 2 atom stereocenters. The fourth-order valence-electron chi connectivity index (χ4n) is 4.15. The molecule has 0 heterocycles. The Morgan fingerprint density at radius 1 is 0.727 bits per heavy atom. The van der Waals surface area contributed by atoms with E-state index in [0.29, 0.717) is 12.8 Å². The SMILES string of the molecule is CC(C)C(N)(C[C@H](O)CCc1ccccc1)N(Cc1ccccc1)Cc1ccccc1.Cl.Cl.